The smallest absolute Gasteiger partial charge is 0.145 e. The molecule has 2 aromatic rings. The van der Waals surface area contributed by atoms with E-state index in [-0.39, 0.29) is 4.75 Å². The highest BCUT2D eigenvalue weighted by atomic mass is 32.2. The van der Waals surface area contributed by atoms with Crippen LogP contribution in [0.5, 0.6) is 0 Å². The molecule has 0 fully saturated rings. The van der Waals surface area contributed by atoms with Gasteiger partial charge < -0.3 is 0 Å². The zero-order chi connectivity index (χ0) is 14.2. The van der Waals surface area contributed by atoms with Crippen LogP contribution in [0.3, 0.4) is 0 Å². The molecule has 0 aliphatic heterocycles. The third-order valence-corrected chi connectivity index (χ3v) is 4.27. The zero-order valence-electron chi connectivity index (χ0n) is 12.0. The molecule has 1 aromatic carbocycles. The molecule has 0 N–H and O–H groups in total. The van der Waals surface area contributed by atoms with E-state index in [1.54, 1.807) is 4.68 Å². The third-order valence-electron chi connectivity index (χ3n) is 2.78. The van der Waals surface area contributed by atoms with Crippen molar-refractivity contribution in [3.05, 3.63) is 30.0 Å². The van der Waals surface area contributed by atoms with Crippen LogP contribution in [0.15, 0.2) is 28.8 Å². The van der Waals surface area contributed by atoms with Gasteiger partial charge in [0, 0.05) is 18.6 Å². The van der Waals surface area contributed by atoms with E-state index in [0.717, 1.165) is 22.2 Å². The summed E-state index contributed by atoms with van der Waals surface area (Å²) in [5, 5.41) is 5.40. The molecule has 1 atom stereocenters. The van der Waals surface area contributed by atoms with Crippen LogP contribution >= 0.6 is 0 Å². The molecular weight excluding hydrogens is 258 g/mol. The summed E-state index contributed by atoms with van der Waals surface area (Å²) in [4.78, 5) is 0. The van der Waals surface area contributed by atoms with Crippen molar-refractivity contribution in [3.8, 4) is 0 Å². The first-order valence-electron chi connectivity index (χ1n) is 6.18. The van der Waals surface area contributed by atoms with Crippen molar-refractivity contribution in [2.45, 2.75) is 32.4 Å². The summed E-state index contributed by atoms with van der Waals surface area (Å²) in [6.45, 7) is 7.65. The molecule has 0 radical (unpaired) electrons. The largest absolute Gasteiger partial charge is 0.275 e. The average molecular weight is 277 g/mol. The highest BCUT2D eigenvalue weighted by Crippen LogP contribution is 2.17. The minimum absolute atomic E-state index is 0.334. The molecule has 0 saturated heterocycles. The lowest BCUT2D eigenvalue weighted by molar-refractivity contribution is 0.650. The number of hydrogen-bond acceptors (Lipinski definition) is 2. The summed E-state index contributed by atoms with van der Waals surface area (Å²) in [6, 6.07) is 5.96. The van der Waals surface area contributed by atoms with Crippen LogP contribution in [-0.4, -0.2) is 24.4 Å². The Morgan fingerprint density at radius 3 is 2.68 bits per heavy atom. The summed E-state index contributed by atoms with van der Waals surface area (Å²) in [6.07, 6.45) is 1.97. The average Bonchev–Trinajstić information content (AvgIpc) is 2.66. The Hall–Kier alpha value is -1.49. The Labute approximate surface area is 116 Å². The summed E-state index contributed by atoms with van der Waals surface area (Å²) in [5.74, 6) is 0. The Kier molecular flexibility index (Phi) is 3.58. The number of rotatable bonds is 2. The maximum absolute atomic E-state index is 12.0. The predicted octanol–water partition coefficient (Wildman–Crippen LogP) is 2.84. The summed E-state index contributed by atoms with van der Waals surface area (Å²) < 4.78 is 17.8. The molecule has 0 bridgehead atoms. The highest BCUT2D eigenvalue weighted by molar-refractivity contribution is 7.85. The molecule has 0 amide bonds. The molecule has 102 valence electrons. The van der Waals surface area contributed by atoms with E-state index in [1.807, 2.05) is 59.1 Å². The lowest BCUT2D eigenvalue weighted by Crippen LogP contribution is -2.20. The van der Waals surface area contributed by atoms with Crippen molar-refractivity contribution >= 4 is 27.6 Å². The molecule has 0 aliphatic carbocycles. The predicted molar refractivity (Wildman–Crippen MR) is 80.8 cm³/mol. The monoisotopic (exact) mass is 277 g/mol. The van der Waals surface area contributed by atoms with E-state index >= 15 is 0 Å². The van der Waals surface area contributed by atoms with Gasteiger partial charge >= 0.3 is 0 Å². The number of hydrogen-bond donors (Lipinski definition) is 0. The van der Waals surface area contributed by atoms with Gasteiger partial charge in [0.25, 0.3) is 0 Å². The molecule has 0 unspecified atom stereocenters. The highest BCUT2D eigenvalue weighted by Gasteiger charge is 2.19. The number of aryl methyl sites for hydroxylation is 1. The summed E-state index contributed by atoms with van der Waals surface area (Å²) in [7, 11) is 0.669. The molecule has 2 rings (SSSR count). The quantitative estimate of drug-likeness (QED) is 0.792. The number of nitrogens with zero attached hydrogens (tertiary/aromatic N) is 3. The Bertz CT molecular complexity index is 665. The van der Waals surface area contributed by atoms with E-state index in [4.69, 9.17) is 0 Å². The van der Waals surface area contributed by atoms with Gasteiger partial charge in [0.2, 0.25) is 0 Å². The Morgan fingerprint density at radius 1 is 1.37 bits per heavy atom. The SMILES string of the molecule is CC(=N[S@](=O)C(C)(C)C)c1ccc2nn(C)cc2c1. The minimum Gasteiger partial charge on any atom is -0.275 e. The zero-order valence-corrected chi connectivity index (χ0v) is 12.8. The van der Waals surface area contributed by atoms with E-state index < -0.39 is 11.0 Å². The van der Waals surface area contributed by atoms with Gasteiger partial charge in [-0.15, -0.1) is 0 Å². The van der Waals surface area contributed by atoms with Gasteiger partial charge in [-0.05, 0) is 45.4 Å². The van der Waals surface area contributed by atoms with E-state index in [0.29, 0.717) is 0 Å². The molecule has 0 spiro atoms. The van der Waals surface area contributed by atoms with Gasteiger partial charge in [-0.25, -0.2) is 4.21 Å². The molecule has 4 nitrogen and oxygen atoms in total. The van der Waals surface area contributed by atoms with Gasteiger partial charge in [-0.2, -0.15) is 9.50 Å². The van der Waals surface area contributed by atoms with Crippen molar-refractivity contribution in [2.75, 3.05) is 0 Å². The van der Waals surface area contributed by atoms with E-state index in [1.165, 1.54) is 0 Å². The molecule has 0 saturated carbocycles. The van der Waals surface area contributed by atoms with Crippen molar-refractivity contribution < 1.29 is 4.21 Å². The second-order valence-electron chi connectivity index (χ2n) is 5.61. The maximum atomic E-state index is 12.0. The second kappa shape index (κ2) is 4.89. The Balaban J connectivity index is 2.38. The van der Waals surface area contributed by atoms with Gasteiger partial charge in [0.05, 0.1) is 16.0 Å². The van der Waals surface area contributed by atoms with Gasteiger partial charge in [0.15, 0.2) is 0 Å². The summed E-state index contributed by atoms with van der Waals surface area (Å²) >= 11 is 0. The third kappa shape index (κ3) is 3.10. The maximum Gasteiger partial charge on any atom is 0.145 e. The van der Waals surface area contributed by atoms with Gasteiger partial charge in [-0.1, -0.05) is 6.07 Å². The first-order chi connectivity index (χ1) is 8.77. The van der Waals surface area contributed by atoms with Crippen LogP contribution in [-0.2, 0) is 18.0 Å². The molecular formula is C14H19N3OS. The van der Waals surface area contributed by atoms with Gasteiger partial charge in [-0.3, -0.25) is 4.68 Å². The van der Waals surface area contributed by atoms with Crippen LogP contribution in [0.4, 0.5) is 0 Å². The number of benzene rings is 1. The lowest BCUT2D eigenvalue weighted by atomic mass is 10.1. The topological polar surface area (TPSA) is 47.2 Å². The van der Waals surface area contributed by atoms with Crippen LogP contribution < -0.4 is 0 Å². The van der Waals surface area contributed by atoms with E-state index in [9.17, 15) is 4.21 Å². The number of fused-ring (bicyclic) bond motifs is 1. The number of aromatic nitrogens is 2. The standard InChI is InChI=1S/C14H19N3OS/c1-10(16-19(18)14(2,3)4)11-6-7-13-12(8-11)9-17(5)15-13/h6-9H,1-5H3/t19-/m1/s1. The lowest BCUT2D eigenvalue weighted by Gasteiger charge is -2.14. The summed E-state index contributed by atoms with van der Waals surface area (Å²) in [5.41, 5.74) is 2.73. The molecule has 19 heavy (non-hydrogen) atoms. The van der Waals surface area contributed by atoms with Crippen molar-refractivity contribution in [1.29, 1.82) is 0 Å². The molecule has 1 aromatic heterocycles. The van der Waals surface area contributed by atoms with Crippen LogP contribution in [0.1, 0.15) is 33.3 Å². The second-order valence-corrected chi connectivity index (χ2v) is 7.52. The molecule has 0 aliphatic rings. The van der Waals surface area contributed by atoms with Crippen LogP contribution in [0.25, 0.3) is 10.9 Å². The molecule has 1 heterocycles. The van der Waals surface area contributed by atoms with Crippen LogP contribution in [0, 0.1) is 0 Å². The fourth-order valence-corrected chi connectivity index (χ4v) is 2.32. The van der Waals surface area contributed by atoms with Crippen molar-refractivity contribution in [3.63, 3.8) is 0 Å². The molecule has 5 heteroatoms. The fraction of sp³-hybridized carbons (Fsp3) is 0.429. The van der Waals surface area contributed by atoms with E-state index in [2.05, 4.69) is 9.50 Å². The fourth-order valence-electron chi connectivity index (χ4n) is 1.69. The first kappa shape index (κ1) is 13.9. The van der Waals surface area contributed by atoms with Gasteiger partial charge in [0.1, 0.15) is 11.0 Å². The normalized spacial score (nSPS) is 14.9. The minimum atomic E-state index is -1.23. The van der Waals surface area contributed by atoms with Crippen molar-refractivity contribution in [2.24, 2.45) is 11.4 Å². The first-order valence-corrected chi connectivity index (χ1v) is 7.29. The Morgan fingerprint density at radius 2 is 2.05 bits per heavy atom. The van der Waals surface area contributed by atoms with Crippen molar-refractivity contribution in [1.82, 2.24) is 9.78 Å². The van der Waals surface area contributed by atoms with Crippen LogP contribution in [0.2, 0.25) is 0 Å².